The lowest BCUT2D eigenvalue weighted by molar-refractivity contribution is 0.230. The molecule has 0 aliphatic heterocycles. The molecule has 108 valence electrons. The van der Waals surface area contributed by atoms with Crippen molar-refractivity contribution in [2.75, 3.05) is 7.05 Å². The molecule has 1 aromatic heterocycles. The number of oxazole rings is 1. The van der Waals surface area contributed by atoms with Crippen LogP contribution in [0.2, 0.25) is 0 Å². The highest BCUT2D eigenvalue weighted by Crippen LogP contribution is 2.31. The summed E-state index contributed by atoms with van der Waals surface area (Å²) in [4.78, 5) is 4.70. The van der Waals surface area contributed by atoms with Crippen LogP contribution >= 0.6 is 0 Å². The van der Waals surface area contributed by atoms with Crippen molar-refractivity contribution in [3.05, 3.63) is 29.7 Å². The third-order valence-electron chi connectivity index (χ3n) is 4.74. The van der Waals surface area contributed by atoms with Gasteiger partial charge >= 0.3 is 0 Å². The summed E-state index contributed by atoms with van der Waals surface area (Å²) in [5.74, 6) is 0.879. The summed E-state index contributed by atoms with van der Waals surface area (Å²) in [6.07, 6.45) is 8.36. The van der Waals surface area contributed by atoms with E-state index in [-0.39, 0.29) is 5.54 Å². The minimum absolute atomic E-state index is 0.187. The second-order valence-electron chi connectivity index (χ2n) is 6.03. The summed E-state index contributed by atoms with van der Waals surface area (Å²) in [7, 11) is 2.07. The number of nitrogens with one attached hydrogen (secondary N) is 1. The molecular formula is C17H24N2O. The smallest absolute Gasteiger partial charge is 0.197 e. The lowest BCUT2D eigenvalue weighted by atomic mass is 9.79. The van der Waals surface area contributed by atoms with Crippen LogP contribution in [-0.4, -0.2) is 17.6 Å². The first kappa shape index (κ1) is 13.6. The van der Waals surface area contributed by atoms with Crippen LogP contribution in [0.1, 0.15) is 50.5 Å². The van der Waals surface area contributed by atoms with E-state index < -0.39 is 0 Å². The molecule has 0 atom stereocenters. The van der Waals surface area contributed by atoms with Gasteiger partial charge in [-0.2, -0.15) is 0 Å². The van der Waals surface area contributed by atoms with Gasteiger partial charge in [-0.25, -0.2) is 4.98 Å². The summed E-state index contributed by atoms with van der Waals surface area (Å²) < 4.78 is 5.95. The molecule has 1 aromatic carbocycles. The first-order valence-corrected chi connectivity index (χ1v) is 7.82. The predicted octanol–water partition coefficient (Wildman–Crippen LogP) is 3.86. The normalized spacial score (nSPS) is 18.5. The number of hydrogen-bond acceptors (Lipinski definition) is 3. The highest BCUT2D eigenvalue weighted by Gasteiger charge is 2.32. The van der Waals surface area contributed by atoms with Gasteiger partial charge in [0.1, 0.15) is 5.52 Å². The Balaban J connectivity index is 1.86. The summed E-state index contributed by atoms with van der Waals surface area (Å²) >= 11 is 0. The number of aryl methyl sites for hydroxylation is 1. The average Bonchev–Trinajstić information content (AvgIpc) is 2.89. The van der Waals surface area contributed by atoms with Crippen LogP contribution < -0.4 is 5.32 Å². The Morgan fingerprint density at radius 2 is 2.05 bits per heavy atom. The molecule has 0 unspecified atom stereocenters. The van der Waals surface area contributed by atoms with Crippen molar-refractivity contribution in [1.82, 2.24) is 10.3 Å². The average molecular weight is 272 g/mol. The molecule has 1 aliphatic rings. The quantitative estimate of drug-likeness (QED) is 0.918. The van der Waals surface area contributed by atoms with Crippen molar-refractivity contribution < 1.29 is 4.42 Å². The van der Waals surface area contributed by atoms with Gasteiger partial charge in [-0.05, 0) is 44.0 Å². The minimum atomic E-state index is 0.187. The number of benzene rings is 1. The van der Waals surface area contributed by atoms with Crippen LogP contribution in [-0.2, 0) is 12.8 Å². The lowest BCUT2D eigenvalue weighted by Gasteiger charge is -2.36. The first-order chi connectivity index (χ1) is 9.74. The van der Waals surface area contributed by atoms with Crippen LogP contribution in [0, 0.1) is 0 Å². The maximum atomic E-state index is 5.95. The fourth-order valence-corrected chi connectivity index (χ4v) is 3.35. The van der Waals surface area contributed by atoms with Crippen molar-refractivity contribution in [1.29, 1.82) is 0 Å². The Labute approximate surface area is 120 Å². The molecule has 0 radical (unpaired) electrons. The number of nitrogens with zero attached hydrogens (tertiary/aromatic N) is 1. The van der Waals surface area contributed by atoms with Crippen molar-refractivity contribution in [2.24, 2.45) is 0 Å². The second-order valence-corrected chi connectivity index (χ2v) is 6.03. The molecule has 3 heteroatoms. The zero-order chi connectivity index (χ0) is 14.0. The zero-order valence-electron chi connectivity index (χ0n) is 12.5. The Kier molecular flexibility index (Phi) is 3.79. The van der Waals surface area contributed by atoms with Crippen LogP contribution in [0.25, 0.3) is 11.1 Å². The molecule has 3 nitrogen and oxygen atoms in total. The van der Waals surface area contributed by atoms with E-state index in [0.717, 1.165) is 29.8 Å². The minimum Gasteiger partial charge on any atom is -0.441 e. The molecule has 1 saturated carbocycles. The SMILES string of the molecule is CCc1ccc2oc(CC3(NC)CCCCC3)nc2c1. The second kappa shape index (κ2) is 5.57. The first-order valence-electron chi connectivity index (χ1n) is 7.82. The molecule has 0 bridgehead atoms. The number of rotatable bonds is 4. The van der Waals surface area contributed by atoms with E-state index in [2.05, 4.69) is 37.5 Å². The summed E-state index contributed by atoms with van der Waals surface area (Å²) in [5.41, 5.74) is 3.42. The van der Waals surface area contributed by atoms with Crippen LogP contribution in [0.5, 0.6) is 0 Å². The van der Waals surface area contributed by atoms with E-state index >= 15 is 0 Å². The number of likely N-dealkylation sites (N-methyl/N-ethyl adjacent to an activating group) is 1. The molecule has 1 fully saturated rings. The Bertz CT molecular complexity index is 582. The molecule has 3 rings (SSSR count). The summed E-state index contributed by atoms with van der Waals surface area (Å²) in [6.45, 7) is 2.17. The van der Waals surface area contributed by atoms with Gasteiger partial charge in [0.15, 0.2) is 11.5 Å². The van der Waals surface area contributed by atoms with Crippen molar-refractivity contribution in [3.63, 3.8) is 0 Å². The van der Waals surface area contributed by atoms with Crippen LogP contribution in [0.4, 0.5) is 0 Å². The number of hydrogen-bond donors (Lipinski definition) is 1. The standard InChI is InChI=1S/C17H24N2O/c1-3-13-7-8-15-14(11-13)19-16(20-15)12-17(18-2)9-5-4-6-10-17/h7-8,11,18H,3-6,9-10,12H2,1-2H3. The third kappa shape index (κ3) is 2.59. The molecule has 0 spiro atoms. The van der Waals surface area contributed by atoms with Gasteiger partial charge < -0.3 is 9.73 Å². The van der Waals surface area contributed by atoms with E-state index in [4.69, 9.17) is 9.40 Å². The lowest BCUT2D eigenvalue weighted by Crippen LogP contribution is -2.46. The summed E-state index contributed by atoms with van der Waals surface area (Å²) in [6, 6.07) is 6.33. The molecule has 0 amide bonds. The molecule has 20 heavy (non-hydrogen) atoms. The van der Waals surface area contributed by atoms with E-state index in [1.165, 1.54) is 37.7 Å². The van der Waals surface area contributed by atoms with Gasteiger partial charge in [-0.1, -0.05) is 32.3 Å². The fourth-order valence-electron chi connectivity index (χ4n) is 3.35. The molecule has 1 aliphatic carbocycles. The highest BCUT2D eigenvalue weighted by molar-refractivity contribution is 5.73. The predicted molar refractivity (Wildman–Crippen MR) is 82.0 cm³/mol. The van der Waals surface area contributed by atoms with E-state index in [0.29, 0.717) is 0 Å². The van der Waals surface area contributed by atoms with E-state index in [9.17, 15) is 0 Å². The Hall–Kier alpha value is -1.35. The number of aromatic nitrogens is 1. The monoisotopic (exact) mass is 272 g/mol. The Morgan fingerprint density at radius 1 is 1.25 bits per heavy atom. The molecule has 1 heterocycles. The largest absolute Gasteiger partial charge is 0.441 e. The number of fused-ring (bicyclic) bond motifs is 1. The van der Waals surface area contributed by atoms with Gasteiger partial charge in [0.05, 0.1) is 0 Å². The van der Waals surface area contributed by atoms with Gasteiger partial charge in [0.2, 0.25) is 0 Å². The van der Waals surface area contributed by atoms with Crippen LogP contribution in [0.3, 0.4) is 0 Å². The fraction of sp³-hybridized carbons (Fsp3) is 0.588. The van der Waals surface area contributed by atoms with Crippen LogP contribution in [0.15, 0.2) is 22.6 Å². The molecule has 1 N–H and O–H groups in total. The van der Waals surface area contributed by atoms with Crippen molar-refractivity contribution >= 4 is 11.1 Å². The maximum absolute atomic E-state index is 5.95. The maximum Gasteiger partial charge on any atom is 0.197 e. The third-order valence-corrected chi connectivity index (χ3v) is 4.74. The molecular weight excluding hydrogens is 248 g/mol. The summed E-state index contributed by atoms with van der Waals surface area (Å²) in [5, 5.41) is 3.53. The highest BCUT2D eigenvalue weighted by atomic mass is 16.3. The van der Waals surface area contributed by atoms with Crippen molar-refractivity contribution in [2.45, 2.75) is 57.4 Å². The van der Waals surface area contributed by atoms with E-state index in [1.54, 1.807) is 0 Å². The van der Waals surface area contributed by atoms with Gasteiger partial charge in [0, 0.05) is 12.0 Å². The molecule has 2 aromatic rings. The van der Waals surface area contributed by atoms with Gasteiger partial charge in [-0.15, -0.1) is 0 Å². The van der Waals surface area contributed by atoms with Gasteiger partial charge in [-0.3, -0.25) is 0 Å². The van der Waals surface area contributed by atoms with Gasteiger partial charge in [0.25, 0.3) is 0 Å². The van der Waals surface area contributed by atoms with Crippen molar-refractivity contribution in [3.8, 4) is 0 Å². The molecule has 0 saturated heterocycles. The van der Waals surface area contributed by atoms with E-state index in [1.807, 2.05) is 0 Å². The zero-order valence-corrected chi connectivity index (χ0v) is 12.5. The Morgan fingerprint density at radius 3 is 2.75 bits per heavy atom. The topological polar surface area (TPSA) is 38.1 Å².